The van der Waals surface area contributed by atoms with Crippen molar-refractivity contribution < 1.29 is 22.9 Å². The van der Waals surface area contributed by atoms with Crippen LogP contribution in [0.3, 0.4) is 0 Å². The molecule has 1 aromatic rings. The molecule has 0 spiro atoms. The van der Waals surface area contributed by atoms with Crippen molar-refractivity contribution in [2.75, 3.05) is 26.2 Å². The highest BCUT2D eigenvalue weighted by atomic mass is 32.2. The molecule has 26 heavy (non-hydrogen) atoms. The Bertz CT molecular complexity index is 732. The van der Waals surface area contributed by atoms with Gasteiger partial charge in [-0.15, -0.1) is 0 Å². The molecule has 10 heteroatoms. The molecule has 0 saturated heterocycles. The molecule has 0 radical (unpaired) electrons. The van der Waals surface area contributed by atoms with E-state index in [1.54, 1.807) is 13.8 Å². The van der Waals surface area contributed by atoms with E-state index in [-0.39, 0.29) is 30.3 Å². The number of nitro groups is 1. The second-order valence-electron chi connectivity index (χ2n) is 5.47. The number of nitro benzene ring substituents is 1. The van der Waals surface area contributed by atoms with Crippen molar-refractivity contribution in [3.05, 3.63) is 28.3 Å². The SMILES string of the molecule is CCCCNC(=O)COc1ccc(S(=O)(=O)N(CC)CC)cc1[N+](=O)[O-]. The van der Waals surface area contributed by atoms with E-state index in [4.69, 9.17) is 4.74 Å². The first-order valence-electron chi connectivity index (χ1n) is 8.45. The van der Waals surface area contributed by atoms with Gasteiger partial charge in [-0.25, -0.2) is 8.42 Å². The third-order valence-electron chi connectivity index (χ3n) is 3.68. The van der Waals surface area contributed by atoms with E-state index >= 15 is 0 Å². The number of rotatable bonds is 11. The summed E-state index contributed by atoms with van der Waals surface area (Å²) in [5, 5.41) is 13.9. The minimum atomic E-state index is -3.83. The van der Waals surface area contributed by atoms with Crippen molar-refractivity contribution in [2.24, 2.45) is 0 Å². The molecule has 0 fully saturated rings. The fourth-order valence-electron chi connectivity index (χ4n) is 2.23. The topological polar surface area (TPSA) is 119 Å². The Kier molecular flexibility index (Phi) is 8.46. The van der Waals surface area contributed by atoms with E-state index in [0.717, 1.165) is 18.9 Å². The van der Waals surface area contributed by atoms with Crippen LogP contribution in [-0.2, 0) is 14.8 Å². The number of carbonyl (C=O) groups excluding carboxylic acids is 1. The van der Waals surface area contributed by atoms with Gasteiger partial charge in [0.2, 0.25) is 10.0 Å². The first kappa shape index (κ1) is 21.8. The minimum absolute atomic E-state index is 0.154. The lowest BCUT2D eigenvalue weighted by Crippen LogP contribution is -2.31. The summed E-state index contributed by atoms with van der Waals surface area (Å²) >= 11 is 0. The highest BCUT2D eigenvalue weighted by molar-refractivity contribution is 7.89. The second-order valence-corrected chi connectivity index (χ2v) is 7.41. The molecule has 0 atom stereocenters. The van der Waals surface area contributed by atoms with Crippen LogP contribution >= 0.6 is 0 Å². The zero-order chi connectivity index (χ0) is 19.7. The Balaban J connectivity index is 3.00. The van der Waals surface area contributed by atoms with Gasteiger partial charge in [-0.2, -0.15) is 4.31 Å². The molecule has 0 aromatic heterocycles. The molecule has 0 bridgehead atoms. The summed E-state index contributed by atoms with van der Waals surface area (Å²) in [4.78, 5) is 22.0. The molecule has 1 amide bonds. The number of amides is 1. The van der Waals surface area contributed by atoms with Gasteiger partial charge in [0.1, 0.15) is 0 Å². The van der Waals surface area contributed by atoms with Crippen LogP contribution in [0.5, 0.6) is 5.75 Å². The van der Waals surface area contributed by atoms with Crippen molar-refractivity contribution >= 4 is 21.6 Å². The molecule has 0 aliphatic heterocycles. The Morgan fingerprint density at radius 3 is 2.46 bits per heavy atom. The van der Waals surface area contributed by atoms with E-state index in [1.165, 1.54) is 16.4 Å². The number of unbranched alkanes of at least 4 members (excludes halogenated alkanes) is 1. The Morgan fingerprint density at radius 1 is 1.27 bits per heavy atom. The van der Waals surface area contributed by atoms with Crippen LogP contribution < -0.4 is 10.1 Å². The van der Waals surface area contributed by atoms with E-state index < -0.39 is 26.5 Å². The van der Waals surface area contributed by atoms with Crippen molar-refractivity contribution in [1.82, 2.24) is 9.62 Å². The first-order chi connectivity index (χ1) is 12.3. The molecule has 0 unspecified atom stereocenters. The normalized spacial score (nSPS) is 11.4. The molecular formula is C16H25N3O6S. The third kappa shape index (κ3) is 5.67. The van der Waals surface area contributed by atoms with Gasteiger partial charge < -0.3 is 10.1 Å². The molecule has 0 aliphatic rings. The van der Waals surface area contributed by atoms with Crippen LogP contribution in [0.2, 0.25) is 0 Å². The molecule has 1 rings (SSSR count). The second kappa shape index (κ2) is 10.1. The van der Waals surface area contributed by atoms with Gasteiger partial charge in [0.15, 0.2) is 12.4 Å². The number of nitrogens with one attached hydrogen (secondary N) is 1. The fraction of sp³-hybridized carbons (Fsp3) is 0.562. The van der Waals surface area contributed by atoms with Crippen LogP contribution in [0.4, 0.5) is 5.69 Å². The molecule has 146 valence electrons. The van der Waals surface area contributed by atoms with Crippen molar-refractivity contribution in [3.8, 4) is 5.75 Å². The lowest BCUT2D eigenvalue weighted by atomic mass is 10.3. The summed E-state index contributed by atoms with van der Waals surface area (Å²) in [5.74, 6) is -0.549. The summed E-state index contributed by atoms with van der Waals surface area (Å²) in [6.45, 7) is 5.98. The standard InChI is InChI=1S/C16H25N3O6S/c1-4-7-10-17-16(20)12-25-15-9-8-13(11-14(15)19(21)22)26(23,24)18(5-2)6-3/h8-9,11H,4-7,10,12H2,1-3H3,(H,17,20). The van der Waals surface area contributed by atoms with Gasteiger partial charge in [-0.05, 0) is 18.6 Å². The largest absolute Gasteiger partial charge is 0.477 e. The van der Waals surface area contributed by atoms with Gasteiger partial charge in [0.25, 0.3) is 5.91 Å². The molecular weight excluding hydrogens is 362 g/mol. The van der Waals surface area contributed by atoms with Crippen molar-refractivity contribution in [1.29, 1.82) is 0 Å². The zero-order valence-electron chi connectivity index (χ0n) is 15.2. The number of carbonyl (C=O) groups is 1. The van der Waals surface area contributed by atoms with Gasteiger partial charge in [0.05, 0.1) is 9.82 Å². The van der Waals surface area contributed by atoms with Crippen LogP contribution in [0.15, 0.2) is 23.1 Å². The predicted octanol–water partition coefficient (Wildman–Crippen LogP) is 1.92. The summed E-state index contributed by atoms with van der Waals surface area (Å²) in [6.07, 6.45) is 1.75. The van der Waals surface area contributed by atoms with Gasteiger partial charge in [-0.3, -0.25) is 14.9 Å². The number of ether oxygens (including phenoxy) is 1. The predicted molar refractivity (Wildman–Crippen MR) is 96.6 cm³/mol. The lowest BCUT2D eigenvalue weighted by Gasteiger charge is -2.18. The lowest BCUT2D eigenvalue weighted by molar-refractivity contribution is -0.386. The van der Waals surface area contributed by atoms with E-state index in [9.17, 15) is 23.3 Å². The third-order valence-corrected chi connectivity index (χ3v) is 5.73. The monoisotopic (exact) mass is 387 g/mol. The van der Waals surface area contributed by atoms with Crippen LogP contribution in [0.1, 0.15) is 33.6 Å². The fourth-order valence-corrected chi connectivity index (χ4v) is 3.71. The highest BCUT2D eigenvalue weighted by Gasteiger charge is 2.26. The van der Waals surface area contributed by atoms with E-state index in [2.05, 4.69) is 5.32 Å². The summed E-state index contributed by atoms with van der Waals surface area (Å²) in [6, 6.07) is 3.40. The maximum Gasteiger partial charge on any atom is 0.312 e. The summed E-state index contributed by atoms with van der Waals surface area (Å²) in [5.41, 5.74) is -0.500. The summed E-state index contributed by atoms with van der Waals surface area (Å²) in [7, 11) is -3.83. The molecule has 0 heterocycles. The average Bonchev–Trinajstić information content (AvgIpc) is 2.60. The number of nitrogens with zero attached hydrogens (tertiary/aromatic N) is 2. The molecule has 1 aromatic carbocycles. The van der Waals surface area contributed by atoms with Crippen molar-refractivity contribution in [2.45, 2.75) is 38.5 Å². The molecule has 1 N–H and O–H groups in total. The number of sulfonamides is 1. The maximum atomic E-state index is 12.5. The smallest absolute Gasteiger partial charge is 0.312 e. The van der Waals surface area contributed by atoms with E-state index in [0.29, 0.717) is 6.54 Å². The Hall–Kier alpha value is -2.20. The van der Waals surface area contributed by atoms with E-state index in [1.807, 2.05) is 6.92 Å². The molecule has 0 saturated carbocycles. The average molecular weight is 387 g/mol. The first-order valence-corrected chi connectivity index (χ1v) is 9.89. The van der Waals surface area contributed by atoms with Gasteiger partial charge in [0, 0.05) is 25.7 Å². The number of hydrogen-bond donors (Lipinski definition) is 1. The Morgan fingerprint density at radius 2 is 1.92 bits per heavy atom. The quantitative estimate of drug-likeness (QED) is 0.352. The Labute approximate surface area is 153 Å². The van der Waals surface area contributed by atoms with Crippen molar-refractivity contribution in [3.63, 3.8) is 0 Å². The maximum absolute atomic E-state index is 12.5. The molecule has 9 nitrogen and oxygen atoms in total. The van der Waals surface area contributed by atoms with Crippen LogP contribution in [0.25, 0.3) is 0 Å². The summed E-state index contributed by atoms with van der Waals surface area (Å²) < 4.78 is 31.4. The van der Waals surface area contributed by atoms with Crippen LogP contribution in [-0.4, -0.2) is 49.8 Å². The number of hydrogen-bond acceptors (Lipinski definition) is 6. The highest BCUT2D eigenvalue weighted by Crippen LogP contribution is 2.30. The molecule has 0 aliphatic carbocycles. The van der Waals surface area contributed by atoms with Crippen LogP contribution in [0, 0.1) is 10.1 Å². The van der Waals surface area contributed by atoms with Gasteiger partial charge >= 0.3 is 5.69 Å². The van der Waals surface area contributed by atoms with Gasteiger partial charge in [-0.1, -0.05) is 27.2 Å². The zero-order valence-corrected chi connectivity index (χ0v) is 16.0. The number of benzene rings is 1. The minimum Gasteiger partial charge on any atom is -0.477 e.